The zero-order valence-electron chi connectivity index (χ0n) is 12.1. The Labute approximate surface area is 128 Å². The summed E-state index contributed by atoms with van der Waals surface area (Å²) in [6.07, 6.45) is 5.68. The molecule has 1 N–H and O–H groups in total. The quantitative estimate of drug-likeness (QED) is 0.882. The second kappa shape index (κ2) is 6.85. The van der Waals surface area contributed by atoms with Crippen LogP contribution in [0.2, 0.25) is 0 Å². The molecule has 0 unspecified atom stereocenters. The number of rotatable bonds is 4. The summed E-state index contributed by atoms with van der Waals surface area (Å²) in [7, 11) is 0. The van der Waals surface area contributed by atoms with Gasteiger partial charge in [-0.25, -0.2) is 0 Å². The average molecular weight is 299 g/mol. The highest BCUT2D eigenvalue weighted by Gasteiger charge is 2.09. The Morgan fingerprint density at radius 3 is 2.86 bits per heavy atom. The van der Waals surface area contributed by atoms with Gasteiger partial charge in [-0.15, -0.1) is 0 Å². The first-order valence-corrected chi connectivity index (χ1v) is 7.19. The Morgan fingerprint density at radius 1 is 1.18 bits per heavy atom. The topological polar surface area (TPSA) is 60.7 Å². The fraction of sp³-hybridized carbons (Fsp3) is 0.235. The van der Waals surface area contributed by atoms with Crippen LogP contribution in [-0.4, -0.2) is 19.1 Å². The maximum atomic E-state index is 11.8. The predicted octanol–water partition coefficient (Wildman–Crippen LogP) is 2.77. The molecule has 0 saturated heterocycles. The van der Waals surface area contributed by atoms with Crippen molar-refractivity contribution in [2.24, 2.45) is 0 Å². The molecule has 0 aliphatic carbocycles. The Kier molecular flexibility index (Phi) is 4.44. The fourth-order valence-electron chi connectivity index (χ4n) is 2.10. The van der Waals surface area contributed by atoms with Gasteiger partial charge in [0, 0.05) is 12.5 Å². The van der Waals surface area contributed by atoms with E-state index < -0.39 is 0 Å². The van der Waals surface area contributed by atoms with Crippen LogP contribution in [0.5, 0.6) is 11.5 Å². The Balaban J connectivity index is 1.60. The van der Waals surface area contributed by atoms with Crippen molar-refractivity contribution in [3.05, 3.63) is 54.0 Å². The molecule has 3 rings (SSSR count). The lowest BCUT2D eigenvalue weighted by Crippen LogP contribution is -2.19. The van der Waals surface area contributed by atoms with Gasteiger partial charge in [-0.3, -0.25) is 4.79 Å². The molecule has 1 aliphatic rings. The van der Waals surface area contributed by atoms with E-state index >= 15 is 0 Å². The number of carbonyl (C=O) groups is 1. The average Bonchev–Trinajstić information content (AvgIpc) is 2.95. The normalized spacial score (nSPS) is 13.8. The van der Waals surface area contributed by atoms with Crippen molar-refractivity contribution in [1.29, 1.82) is 0 Å². The van der Waals surface area contributed by atoms with Crippen molar-refractivity contribution in [2.75, 3.05) is 13.2 Å². The van der Waals surface area contributed by atoms with Gasteiger partial charge in [0.05, 0.1) is 26.0 Å². The minimum absolute atomic E-state index is 0.177. The summed E-state index contributed by atoms with van der Waals surface area (Å²) in [5, 5.41) is 2.75. The number of carbonyl (C=O) groups excluding carboxylic acids is 1. The number of nitrogens with one attached hydrogen (secondary N) is 1. The molecule has 5 nitrogen and oxygen atoms in total. The standard InChI is InChI=1S/C17H17NO4/c19-17(18-12-14-3-1-8-20-14)7-5-13-4-6-15-16(11-13)22-10-2-9-21-15/h1,3-8,11H,2,9-10,12H2,(H,18,19). The number of hydrogen-bond acceptors (Lipinski definition) is 4. The Bertz CT molecular complexity index is 661. The summed E-state index contributed by atoms with van der Waals surface area (Å²) in [6, 6.07) is 9.23. The number of fused-ring (bicyclic) bond motifs is 1. The lowest BCUT2D eigenvalue weighted by Gasteiger charge is -2.07. The van der Waals surface area contributed by atoms with Crippen molar-refractivity contribution < 1.29 is 18.7 Å². The molecule has 1 aromatic carbocycles. The summed E-state index contributed by atoms with van der Waals surface area (Å²) >= 11 is 0. The van der Waals surface area contributed by atoms with E-state index in [0.29, 0.717) is 19.8 Å². The van der Waals surface area contributed by atoms with Gasteiger partial charge in [0.25, 0.3) is 0 Å². The van der Waals surface area contributed by atoms with Gasteiger partial charge < -0.3 is 19.2 Å². The fourth-order valence-corrected chi connectivity index (χ4v) is 2.10. The van der Waals surface area contributed by atoms with Crippen LogP contribution in [0.15, 0.2) is 47.1 Å². The van der Waals surface area contributed by atoms with Gasteiger partial charge in [0.2, 0.25) is 5.91 Å². The zero-order valence-corrected chi connectivity index (χ0v) is 12.1. The minimum Gasteiger partial charge on any atom is -0.490 e. The molecule has 0 saturated carbocycles. The molecule has 1 amide bonds. The molecule has 0 bridgehead atoms. The first kappa shape index (κ1) is 14.3. The molecule has 0 atom stereocenters. The van der Waals surface area contributed by atoms with Crippen LogP contribution in [0.25, 0.3) is 6.08 Å². The first-order chi connectivity index (χ1) is 10.8. The molecule has 0 spiro atoms. The van der Waals surface area contributed by atoms with Crippen LogP contribution in [-0.2, 0) is 11.3 Å². The molecule has 2 heterocycles. The summed E-state index contributed by atoms with van der Waals surface area (Å²) in [4.78, 5) is 11.8. The van der Waals surface area contributed by atoms with E-state index in [2.05, 4.69) is 5.32 Å². The van der Waals surface area contributed by atoms with Crippen molar-refractivity contribution >= 4 is 12.0 Å². The number of hydrogen-bond donors (Lipinski definition) is 1. The molecule has 114 valence electrons. The van der Waals surface area contributed by atoms with Crippen molar-refractivity contribution in [3.8, 4) is 11.5 Å². The molecule has 22 heavy (non-hydrogen) atoms. The zero-order chi connectivity index (χ0) is 15.2. The van der Waals surface area contributed by atoms with Gasteiger partial charge in [-0.05, 0) is 35.9 Å². The monoisotopic (exact) mass is 299 g/mol. The van der Waals surface area contributed by atoms with Crippen LogP contribution < -0.4 is 14.8 Å². The van der Waals surface area contributed by atoms with Gasteiger partial charge in [0.1, 0.15) is 5.76 Å². The van der Waals surface area contributed by atoms with Crippen LogP contribution in [0.1, 0.15) is 17.7 Å². The van der Waals surface area contributed by atoms with Gasteiger partial charge in [0.15, 0.2) is 11.5 Å². The third-order valence-corrected chi connectivity index (χ3v) is 3.22. The highest BCUT2D eigenvalue weighted by molar-refractivity contribution is 5.91. The van der Waals surface area contributed by atoms with Gasteiger partial charge in [-0.2, -0.15) is 0 Å². The van der Waals surface area contributed by atoms with Gasteiger partial charge >= 0.3 is 0 Å². The molecule has 0 fully saturated rings. The van der Waals surface area contributed by atoms with Crippen molar-refractivity contribution in [1.82, 2.24) is 5.32 Å². The van der Waals surface area contributed by atoms with E-state index in [9.17, 15) is 4.79 Å². The minimum atomic E-state index is -0.177. The third-order valence-electron chi connectivity index (χ3n) is 3.22. The molecular formula is C17H17NO4. The third kappa shape index (κ3) is 3.69. The second-order valence-electron chi connectivity index (χ2n) is 4.89. The molecule has 2 aromatic rings. The van der Waals surface area contributed by atoms with E-state index in [4.69, 9.17) is 13.9 Å². The van der Waals surface area contributed by atoms with Gasteiger partial charge in [-0.1, -0.05) is 6.07 Å². The Morgan fingerprint density at radius 2 is 2.05 bits per heavy atom. The number of amides is 1. The van der Waals surface area contributed by atoms with Crippen LogP contribution >= 0.6 is 0 Å². The van der Waals surface area contributed by atoms with E-state index in [1.54, 1.807) is 18.4 Å². The maximum absolute atomic E-state index is 11.8. The van der Waals surface area contributed by atoms with Crippen LogP contribution in [0.3, 0.4) is 0 Å². The predicted molar refractivity (Wildman–Crippen MR) is 81.6 cm³/mol. The SMILES string of the molecule is O=C(C=Cc1ccc2c(c1)OCCCO2)NCc1ccco1. The highest BCUT2D eigenvalue weighted by atomic mass is 16.5. The summed E-state index contributed by atoms with van der Waals surface area (Å²) in [5.74, 6) is 2.01. The van der Waals surface area contributed by atoms with Crippen molar-refractivity contribution in [2.45, 2.75) is 13.0 Å². The smallest absolute Gasteiger partial charge is 0.244 e. The molecule has 5 heteroatoms. The van der Waals surface area contributed by atoms with Crippen LogP contribution in [0.4, 0.5) is 0 Å². The maximum Gasteiger partial charge on any atom is 0.244 e. The van der Waals surface area contributed by atoms with Crippen molar-refractivity contribution in [3.63, 3.8) is 0 Å². The van der Waals surface area contributed by atoms with E-state index in [0.717, 1.165) is 29.2 Å². The summed E-state index contributed by atoms with van der Waals surface area (Å²) in [5.41, 5.74) is 0.886. The lowest BCUT2D eigenvalue weighted by molar-refractivity contribution is -0.116. The summed E-state index contributed by atoms with van der Waals surface area (Å²) < 4.78 is 16.3. The molecular weight excluding hydrogens is 282 g/mol. The molecule has 1 aliphatic heterocycles. The van der Waals surface area contributed by atoms with Crippen LogP contribution in [0, 0.1) is 0 Å². The number of benzene rings is 1. The van der Waals surface area contributed by atoms with E-state index in [1.807, 2.05) is 24.3 Å². The van der Waals surface area contributed by atoms with E-state index in [1.165, 1.54) is 6.08 Å². The number of ether oxygens (including phenoxy) is 2. The first-order valence-electron chi connectivity index (χ1n) is 7.19. The molecule has 1 aromatic heterocycles. The Hall–Kier alpha value is -2.69. The lowest BCUT2D eigenvalue weighted by atomic mass is 10.2. The summed E-state index contributed by atoms with van der Waals surface area (Å²) in [6.45, 7) is 1.68. The van der Waals surface area contributed by atoms with E-state index in [-0.39, 0.29) is 5.91 Å². The number of furan rings is 1. The largest absolute Gasteiger partial charge is 0.490 e. The molecule has 0 radical (unpaired) electrons. The second-order valence-corrected chi connectivity index (χ2v) is 4.89. The highest BCUT2D eigenvalue weighted by Crippen LogP contribution is 2.30.